The van der Waals surface area contributed by atoms with E-state index >= 15 is 0 Å². The molecule has 0 spiro atoms. The Morgan fingerprint density at radius 2 is 2.17 bits per heavy atom. The summed E-state index contributed by atoms with van der Waals surface area (Å²) in [6.45, 7) is -0.395. The summed E-state index contributed by atoms with van der Waals surface area (Å²) in [5.41, 5.74) is 0.756. The van der Waals surface area contributed by atoms with Crippen LogP contribution in [0, 0.1) is 0 Å². The first-order valence-corrected chi connectivity index (χ1v) is 5.10. The van der Waals surface area contributed by atoms with Crippen LogP contribution in [0.25, 0.3) is 0 Å². The third-order valence-corrected chi connectivity index (χ3v) is 2.47. The molecule has 0 saturated heterocycles. The van der Waals surface area contributed by atoms with Crippen LogP contribution in [-0.4, -0.2) is 46.4 Å². The average molecular weight is 250 g/mol. The summed E-state index contributed by atoms with van der Waals surface area (Å²) in [7, 11) is 1.50. The fraction of sp³-hybridized carbons (Fsp3) is 0.273. The summed E-state index contributed by atoms with van der Waals surface area (Å²) in [5, 5.41) is 8.64. The predicted octanol–water partition coefficient (Wildman–Crippen LogP) is -0.0914. The van der Waals surface area contributed by atoms with E-state index in [-0.39, 0.29) is 17.9 Å². The SMILES string of the molecule is COCc1cnc2c(c1)C(=O)N(CC(=O)O)C2=O. The molecule has 1 aliphatic heterocycles. The van der Waals surface area contributed by atoms with Gasteiger partial charge in [-0.15, -0.1) is 0 Å². The van der Waals surface area contributed by atoms with Gasteiger partial charge in [0, 0.05) is 13.3 Å². The van der Waals surface area contributed by atoms with Gasteiger partial charge in [0.25, 0.3) is 11.8 Å². The number of methoxy groups -OCH3 is 1. The third-order valence-electron chi connectivity index (χ3n) is 2.47. The van der Waals surface area contributed by atoms with Gasteiger partial charge in [-0.25, -0.2) is 4.98 Å². The van der Waals surface area contributed by atoms with Crippen LogP contribution in [0.4, 0.5) is 0 Å². The molecule has 7 nitrogen and oxygen atoms in total. The number of carbonyl (C=O) groups excluding carboxylic acids is 2. The lowest BCUT2D eigenvalue weighted by Gasteiger charge is -2.08. The van der Waals surface area contributed by atoms with Crippen LogP contribution in [0.15, 0.2) is 12.3 Å². The molecule has 1 N–H and O–H groups in total. The minimum atomic E-state index is -1.25. The lowest BCUT2D eigenvalue weighted by molar-refractivity contribution is -0.137. The molecule has 0 fully saturated rings. The molecule has 0 aromatic carbocycles. The second-order valence-corrected chi connectivity index (χ2v) is 3.76. The molecule has 2 rings (SSSR count). The first kappa shape index (κ1) is 12.2. The first-order chi connectivity index (χ1) is 8.54. The average Bonchev–Trinajstić information content (AvgIpc) is 2.55. The van der Waals surface area contributed by atoms with Crippen LogP contribution < -0.4 is 0 Å². The normalized spacial score (nSPS) is 13.9. The summed E-state index contributed by atoms with van der Waals surface area (Å²) < 4.78 is 4.90. The molecular weight excluding hydrogens is 240 g/mol. The van der Waals surface area contributed by atoms with E-state index in [1.807, 2.05) is 0 Å². The lowest BCUT2D eigenvalue weighted by Crippen LogP contribution is -2.34. The molecule has 7 heteroatoms. The highest BCUT2D eigenvalue weighted by Gasteiger charge is 2.38. The number of pyridine rings is 1. The minimum Gasteiger partial charge on any atom is -0.480 e. The number of carbonyl (C=O) groups is 3. The largest absolute Gasteiger partial charge is 0.480 e. The van der Waals surface area contributed by atoms with E-state index in [0.717, 1.165) is 0 Å². The number of carboxylic acids is 1. The van der Waals surface area contributed by atoms with Crippen molar-refractivity contribution in [3.63, 3.8) is 0 Å². The topological polar surface area (TPSA) is 96.8 Å². The van der Waals surface area contributed by atoms with Crippen molar-refractivity contribution in [2.24, 2.45) is 0 Å². The van der Waals surface area contributed by atoms with Gasteiger partial charge in [-0.3, -0.25) is 19.3 Å². The van der Waals surface area contributed by atoms with Gasteiger partial charge < -0.3 is 9.84 Å². The molecule has 0 unspecified atom stereocenters. The summed E-state index contributed by atoms with van der Waals surface area (Å²) in [5.74, 6) is -2.56. The molecular formula is C11H10N2O5. The Labute approximate surface area is 102 Å². The molecule has 1 aliphatic rings. The van der Waals surface area contributed by atoms with Crippen molar-refractivity contribution in [3.8, 4) is 0 Å². The summed E-state index contributed by atoms with van der Waals surface area (Å²) >= 11 is 0. The number of aliphatic carboxylic acids is 1. The zero-order chi connectivity index (χ0) is 13.3. The van der Waals surface area contributed by atoms with Crippen molar-refractivity contribution in [2.75, 3.05) is 13.7 Å². The zero-order valence-corrected chi connectivity index (χ0v) is 9.54. The Balaban J connectivity index is 2.36. The number of rotatable bonds is 4. The van der Waals surface area contributed by atoms with E-state index in [2.05, 4.69) is 4.98 Å². The van der Waals surface area contributed by atoms with Gasteiger partial charge in [-0.05, 0) is 11.6 Å². The minimum absolute atomic E-state index is 0.0129. The van der Waals surface area contributed by atoms with E-state index in [1.54, 1.807) is 0 Å². The third kappa shape index (κ3) is 1.95. The van der Waals surface area contributed by atoms with E-state index in [0.29, 0.717) is 10.5 Å². The van der Waals surface area contributed by atoms with Crippen molar-refractivity contribution in [3.05, 3.63) is 29.1 Å². The van der Waals surface area contributed by atoms with Crippen molar-refractivity contribution in [1.82, 2.24) is 9.88 Å². The molecule has 94 valence electrons. The van der Waals surface area contributed by atoms with Crippen molar-refractivity contribution < 1.29 is 24.2 Å². The molecule has 2 heterocycles. The first-order valence-electron chi connectivity index (χ1n) is 5.10. The Kier molecular flexibility index (Phi) is 3.07. The lowest BCUT2D eigenvalue weighted by atomic mass is 10.1. The standard InChI is InChI=1S/C11H10N2O5/c1-18-5-6-2-7-9(12-3-6)11(17)13(10(7)16)4-8(14)15/h2-3H,4-5H2,1H3,(H,14,15). The van der Waals surface area contributed by atoms with Gasteiger partial charge in [0.05, 0.1) is 12.2 Å². The number of ether oxygens (including phenoxy) is 1. The maximum absolute atomic E-state index is 11.9. The van der Waals surface area contributed by atoms with Crippen molar-refractivity contribution in [1.29, 1.82) is 0 Å². The molecule has 0 bridgehead atoms. The number of hydrogen-bond acceptors (Lipinski definition) is 5. The quantitative estimate of drug-likeness (QED) is 0.750. The molecule has 0 aliphatic carbocycles. The summed E-state index contributed by atoms with van der Waals surface area (Å²) in [6, 6.07) is 1.49. The smallest absolute Gasteiger partial charge is 0.323 e. The highest BCUT2D eigenvalue weighted by molar-refractivity contribution is 6.21. The Bertz CT molecular complexity index is 540. The molecule has 0 saturated carbocycles. The number of carboxylic acid groups (broad SMARTS) is 1. The Hall–Kier alpha value is -2.28. The van der Waals surface area contributed by atoms with Crippen LogP contribution in [-0.2, 0) is 16.1 Å². The Morgan fingerprint density at radius 1 is 1.44 bits per heavy atom. The number of nitrogens with zero attached hydrogens (tertiary/aromatic N) is 2. The molecule has 1 aromatic rings. The second kappa shape index (κ2) is 4.53. The van der Waals surface area contributed by atoms with Gasteiger partial charge in [-0.1, -0.05) is 0 Å². The van der Waals surface area contributed by atoms with Gasteiger partial charge in [-0.2, -0.15) is 0 Å². The van der Waals surface area contributed by atoms with Gasteiger partial charge in [0.1, 0.15) is 12.2 Å². The number of imide groups is 1. The molecule has 0 radical (unpaired) electrons. The highest BCUT2D eigenvalue weighted by Crippen LogP contribution is 2.21. The summed E-state index contributed by atoms with van der Waals surface area (Å²) in [4.78, 5) is 38.7. The number of amides is 2. The van der Waals surface area contributed by atoms with Crippen LogP contribution in [0.1, 0.15) is 26.4 Å². The van der Waals surface area contributed by atoms with Crippen molar-refractivity contribution in [2.45, 2.75) is 6.61 Å². The van der Waals surface area contributed by atoms with E-state index < -0.39 is 24.3 Å². The highest BCUT2D eigenvalue weighted by atomic mass is 16.5. The van der Waals surface area contributed by atoms with Crippen LogP contribution in [0.3, 0.4) is 0 Å². The van der Waals surface area contributed by atoms with Crippen LogP contribution in [0.2, 0.25) is 0 Å². The zero-order valence-electron chi connectivity index (χ0n) is 9.54. The fourth-order valence-electron chi connectivity index (χ4n) is 1.73. The number of hydrogen-bond donors (Lipinski definition) is 1. The van der Waals surface area contributed by atoms with E-state index in [9.17, 15) is 14.4 Å². The molecule has 18 heavy (non-hydrogen) atoms. The monoisotopic (exact) mass is 250 g/mol. The van der Waals surface area contributed by atoms with Crippen LogP contribution >= 0.6 is 0 Å². The molecule has 2 amide bonds. The number of aromatic nitrogens is 1. The predicted molar refractivity (Wildman–Crippen MR) is 58.0 cm³/mol. The maximum Gasteiger partial charge on any atom is 0.323 e. The van der Waals surface area contributed by atoms with Gasteiger partial charge in [0.15, 0.2) is 0 Å². The van der Waals surface area contributed by atoms with Crippen LogP contribution in [0.5, 0.6) is 0 Å². The van der Waals surface area contributed by atoms with Gasteiger partial charge in [0.2, 0.25) is 0 Å². The van der Waals surface area contributed by atoms with Gasteiger partial charge >= 0.3 is 5.97 Å². The fourth-order valence-corrected chi connectivity index (χ4v) is 1.73. The summed E-state index contributed by atoms with van der Waals surface area (Å²) in [6.07, 6.45) is 1.43. The van der Waals surface area contributed by atoms with E-state index in [4.69, 9.17) is 9.84 Å². The number of fused-ring (bicyclic) bond motifs is 1. The van der Waals surface area contributed by atoms with E-state index in [1.165, 1.54) is 19.4 Å². The molecule has 1 aromatic heterocycles. The maximum atomic E-state index is 11.9. The molecule has 0 atom stereocenters. The second-order valence-electron chi connectivity index (χ2n) is 3.76. The van der Waals surface area contributed by atoms with Crippen molar-refractivity contribution >= 4 is 17.8 Å². The Morgan fingerprint density at radius 3 is 2.78 bits per heavy atom.